The highest BCUT2D eigenvalue weighted by Crippen LogP contribution is 2.24. The average molecular weight is 447 g/mol. The molecule has 3 heterocycles. The normalized spacial score (nSPS) is 11.5. The number of aromatic nitrogens is 6. The van der Waals surface area contributed by atoms with E-state index in [4.69, 9.17) is 5.73 Å². The van der Waals surface area contributed by atoms with Gasteiger partial charge in [-0.3, -0.25) is 27.9 Å². The number of fused-ring (bicyclic) bond motifs is 4. The number of nitrogens with zero attached hydrogens (tertiary/aromatic N) is 6. The molecular formula is C21H17N7O3S. The summed E-state index contributed by atoms with van der Waals surface area (Å²) in [7, 11) is 1.64. The van der Waals surface area contributed by atoms with Gasteiger partial charge in [-0.1, -0.05) is 36.0 Å². The Hall–Kier alpha value is -3.99. The van der Waals surface area contributed by atoms with E-state index in [-0.39, 0.29) is 23.4 Å². The second-order valence-electron chi connectivity index (χ2n) is 7.19. The first kappa shape index (κ1) is 19.9. The summed E-state index contributed by atoms with van der Waals surface area (Å²) in [6.45, 7) is -0.273. The lowest BCUT2D eigenvalue weighted by atomic mass is 10.2. The van der Waals surface area contributed by atoms with Crippen LogP contribution in [-0.4, -0.2) is 34.6 Å². The molecule has 32 heavy (non-hydrogen) atoms. The van der Waals surface area contributed by atoms with Gasteiger partial charge in [-0.05, 0) is 24.3 Å². The van der Waals surface area contributed by atoms with Crippen LogP contribution in [0.2, 0.25) is 0 Å². The van der Waals surface area contributed by atoms with Crippen molar-refractivity contribution in [3.63, 3.8) is 0 Å². The molecule has 0 unspecified atom stereocenters. The van der Waals surface area contributed by atoms with Crippen LogP contribution in [-0.2, 0) is 24.1 Å². The third-order valence-corrected chi connectivity index (χ3v) is 6.11. The fourth-order valence-electron chi connectivity index (χ4n) is 3.68. The molecule has 2 aromatic carbocycles. The van der Waals surface area contributed by atoms with E-state index in [1.165, 1.54) is 20.9 Å². The summed E-state index contributed by atoms with van der Waals surface area (Å²) in [5.74, 6) is 0.399. The number of para-hydroxylation sites is 2. The molecule has 0 bridgehead atoms. The summed E-state index contributed by atoms with van der Waals surface area (Å²) in [6, 6.07) is 14.2. The standard InChI is InChI=1S/C21H17N7O3S/c1-26-18(30)13-7-3-5-9-15(13)28-20(26)24-25-21(28)32-11-17-23-14-8-4-2-6-12(14)19(31)27(17)10-16(22)29/h2-9H,10-11H2,1H3,(H2,22,29). The van der Waals surface area contributed by atoms with E-state index in [2.05, 4.69) is 15.2 Å². The molecule has 0 radical (unpaired) electrons. The number of primary amides is 1. The molecule has 0 aliphatic rings. The summed E-state index contributed by atoms with van der Waals surface area (Å²) >= 11 is 1.30. The Bertz CT molecular complexity index is 1650. The van der Waals surface area contributed by atoms with Crippen molar-refractivity contribution in [2.75, 3.05) is 0 Å². The van der Waals surface area contributed by atoms with Crippen molar-refractivity contribution in [2.24, 2.45) is 12.8 Å². The van der Waals surface area contributed by atoms with Gasteiger partial charge >= 0.3 is 0 Å². The Morgan fingerprint density at radius 2 is 1.72 bits per heavy atom. The smallest absolute Gasteiger partial charge is 0.262 e. The maximum Gasteiger partial charge on any atom is 0.262 e. The molecule has 160 valence electrons. The van der Waals surface area contributed by atoms with Crippen molar-refractivity contribution in [3.05, 3.63) is 75.1 Å². The zero-order valence-corrected chi connectivity index (χ0v) is 17.7. The second-order valence-corrected chi connectivity index (χ2v) is 8.13. The third-order valence-electron chi connectivity index (χ3n) is 5.18. The Morgan fingerprint density at radius 3 is 2.50 bits per heavy atom. The average Bonchev–Trinajstić information content (AvgIpc) is 3.22. The van der Waals surface area contributed by atoms with Crippen LogP contribution in [0.1, 0.15) is 5.82 Å². The van der Waals surface area contributed by atoms with Crippen LogP contribution < -0.4 is 16.9 Å². The topological polar surface area (TPSA) is 130 Å². The molecule has 0 fully saturated rings. The Labute approximate surface area is 184 Å². The Morgan fingerprint density at radius 1 is 1.00 bits per heavy atom. The summed E-state index contributed by atoms with van der Waals surface area (Å²) in [5, 5.41) is 9.90. The summed E-state index contributed by atoms with van der Waals surface area (Å²) < 4.78 is 4.52. The molecule has 0 saturated heterocycles. The summed E-state index contributed by atoms with van der Waals surface area (Å²) in [6.07, 6.45) is 0. The minimum absolute atomic E-state index is 0.163. The molecule has 0 spiro atoms. The first-order chi connectivity index (χ1) is 15.5. The lowest BCUT2D eigenvalue weighted by molar-refractivity contribution is -0.118. The quantitative estimate of drug-likeness (QED) is 0.399. The number of benzene rings is 2. The number of carbonyl (C=O) groups excluding carboxylic acids is 1. The molecule has 5 aromatic rings. The van der Waals surface area contributed by atoms with E-state index >= 15 is 0 Å². The summed E-state index contributed by atoms with van der Waals surface area (Å²) in [5.41, 5.74) is 6.09. The van der Waals surface area contributed by atoms with Gasteiger partial charge in [-0.2, -0.15) is 0 Å². The van der Waals surface area contributed by atoms with E-state index in [1.807, 2.05) is 12.1 Å². The van der Waals surface area contributed by atoms with E-state index in [1.54, 1.807) is 47.8 Å². The second kappa shape index (κ2) is 7.61. The Balaban J connectivity index is 1.63. The maximum atomic E-state index is 13.0. The molecule has 10 nitrogen and oxygen atoms in total. The van der Waals surface area contributed by atoms with Crippen LogP contribution in [0.5, 0.6) is 0 Å². The highest BCUT2D eigenvalue weighted by atomic mass is 32.2. The highest BCUT2D eigenvalue weighted by molar-refractivity contribution is 7.98. The van der Waals surface area contributed by atoms with Crippen LogP contribution in [0.4, 0.5) is 0 Å². The largest absolute Gasteiger partial charge is 0.368 e. The molecule has 0 atom stereocenters. The SMILES string of the molecule is Cn1c(=O)c2ccccc2n2c(SCc3nc4ccccc4c(=O)n3CC(N)=O)nnc12. The van der Waals surface area contributed by atoms with Crippen LogP contribution in [0.3, 0.4) is 0 Å². The number of carbonyl (C=O) groups is 1. The van der Waals surface area contributed by atoms with Gasteiger partial charge in [0, 0.05) is 7.05 Å². The molecule has 11 heteroatoms. The minimum Gasteiger partial charge on any atom is -0.368 e. The van der Waals surface area contributed by atoms with Crippen molar-refractivity contribution in [3.8, 4) is 0 Å². The van der Waals surface area contributed by atoms with Crippen molar-refractivity contribution in [1.29, 1.82) is 0 Å². The molecular weight excluding hydrogens is 430 g/mol. The van der Waals surface area contributed by atoms with Gasteiger partial charge in [0.15, 0.2) is 5.16 Å². The number of thioether (sulfide) groups is 1. The Kier molecular flexibility index (Phi) is 4.74. The monoisotopic (exact) mass is 447 g/mol. The van der Waals surface area contributed by atoms with Gasteiger partial charge in [0.2, 0.25) is 11.7 Å². The number of aryl methyl sites for hydroxylation is 1. The third kappa shape index (κ3) is 3.14. The molecule has 0 aliphatic heterocycles. The molecule has 0 saturated carbocycles. The van der Waals surface area contributed by atoms with E-state index in [9.17, 15) is 14.4 Å². The maximum absolute atomic E-state index is 13.0. The molecule has 2 N–H and O–H groups in total. The van der Waals surface area contributed by atoms with Crippen molar-refractivity contribution < 1.29 is 4.79 Å². The summed E-state index contributed by atoms with van der Waals surface area (Å²) in [4.78, 5) is 41.8. The van der Waals surface area contributed by atoms with Gasteiger partial charge in [-0.15, -0.1) is 10.2 Å². The number of rotatable bonds is 5. The molecule has 1 amide bonds. The predicted octanol–water partition coefficient (Wildman–Crippen LogP) is 1.07. The fourth-order valence-corrected chi connectivity index (χ4v) is 4.56. The van der Waals surface area contributed by atoms with Gasteiger partial charge < -0.3 is 5.73 Å². The number of hydrogen-bond acceptors (Lipinski definition) is 7. The van der Waals surface area contributed by atoms with Crippen molar-refractivity contribution >= 4 is 45.3 Å². The van der Waals surface area contributed by atoms with Crippen molar-refractivity contribution in [2.45, 2.75) is 17.5 Å². The van der Waals surface area contributed by atoms with Gasteiger partial charge in [-0.25, -0.2) is 4.98 Å². The van der Waals surface area contributed by atoms with Crippen LogP contribution in [0, 0.1) is 0 Å². The van der Waals surface area contributed by atoms with Crippen LogP contribution >= 0.6 is 11.8 Å². The van der Waals surface area contributed by atoms with Gasteiger partial charge in [0.1, 0.15) is 12.4 Å². The molecule has 0 aliphatic carbocycles. The number of amides is 1. The minimum atomic E-state index is -0.635. The fraction of sp³-hybridized carbons (Fsp3) is 0.143. The van der Waals surface area contributed by atoms with E-state index < -0.39 is 5.91 Å². The van der Waals surface area contributed by atoms with Crippen molar-refractivity contribution in [1.82, 2.24) is 28.7 Å². The van der Waals surface area contributed by atoms with Gasteiger partial charge in [0.25, 0.3) is 11.1 Å². The van der Waals surface area contributed by atoms with E-state index in [0.29, 0.717) is 38.6 Å². The zero-order chi connectivity index (χ0) is 22.4. The van der Waals surface area contributed by atoms with E-state index in [0.717, 1.165) is 0 Å². The lowest BCUT2D eigenvalue weighted by Crippen LogP contribution is -2.31. The van der Waals surface area contributed by atoms with Crippen LogP contribution in [0.25, 0.3) is 27.6 Å². The lowest BCUT2D eigenvalue weighted by Gasteiger charge is -2.12. The van der Waals surface area contributed by atoms with Gasteiger partial charge in [0.05, 0.1) is 27.6 Å². The predicted molar refractivity (Wildman–Crippen MR) is 120 cm³/mol. The molecule has 3 aromatic heterocycles. The highest BCUT2D eigenvalue weighted by Gasteiger charge is 2.17. The van der Waals surface area contributed by atoms with Crippen LogP contribution in [0.15, 0.2) is 63.3 Å². The molecule has 5 rings (SSSR count). The zero-order valence-electron chi connectivity index (χ0n) is 16.9. The number of hydrogen-bond donors (Lipinski definition) is 1. The first-order valence-corrected chi connectivity index (χ1v) is 10.7. The first-order valence-electron chi connectivity index (χ1n) is 9.68. The number of nitrogens with two attached hydrogens (primary N) is 1.